The molecule has 0 saturated carbocycles. The van der Waals surface area contributed by atoms with Crippen LogP contribution in [0.15, 0.2) is 24.3 Å². The highest BCUT2D eigenvalue weighted by atomic mass is 16.2. The van der Waals surface area contributed by atoms with E-state index in [2.05, 4.69) is 25.9 Å². The Bertz CT molecular complexity index is 420. The molecule has 0 N–H and O–H groups in total. The lowest BCUT2D eigenvalue weighted by Gasteiger charge is -2.35. The molecule has 1 aromatic carbocycles. The van der Waals surface area contributed by atoms with Gasteiger partial charge in [0.05, 0.1) is 0 Å². The van der Waals surface area contributed by atoms with Crippen LogP contribution in [0.5, 0.6) is 0 Å². The molecule has 0 atom stereocenters. The van der Waals surface area contributed by atoms with Crippen LogP contribution in [0.4, 0.5) is 0 Å². The molecular weight excluding hydrogens is 224 g/mol. The molecule has 0 aliphatic carbocycles. The van der Waals surface area contributed by atoms with Gasteiger partial charge in [0.2, 0.25) is 0 Å². The summed E-state index contributed by atoms with van der Waals surface area (Å²) < 4.78 is 0. The van der Waals surface area contributed by atoms with E-state index in [9.17, 15) is 4.79 Å². The zero-order chi connectivity index (χ0) is 13.1. The number of rotatable bonds is 2. The molecule has 0 bridgehead atoms. The molecule has 0 spiro atoms. The number of benzene rings is 1. The van der Waals surface area contributed by atoms with E-state index >= 15 is 0 Å². The molecule has 0 unspecified atom stereocenters. The van der Waals surface area contributed by atoms with Crippen LogP contribution in [0.2, 0.25) is 0 Å². The summed E-state index contributed by atoms with van der Waals surface area (Å²) >= 11 is 0. The zero-order valence-electron chi connectivity index (χ0n) is 11.2. The fourth-order valence-corrected chi connectivity index (χ4v) is 2.47. The molecule has 3 nitrogen and oxygen atoms in total. The Kier molecular flexibility index (Phi) is 4.02. The SMILES string of the molecule is [CH2]c1cccc(C(=O)N2CCC(N(C)C)CC2)c1. The molecule has 1 radical (unpaired) electrons. The fourth-order valence-electron chi connectivity index (χ4n) is 2.47. The second kappa shape index (κ2) is 5.53. The number of carbonyl (C=O) groups excluding carboxylic acids is 1. The summed E-state index contributed by atoms with van der Waals surface area (Å²) in [7, 11) is 4.21. The average Bonchev–Trinajstić information content (AvgIpc) is 2.38. The summed E-state index contributed by atoms with van der Waals surface area (Å²) in [4.78, 5) is 16.5. The van der Waals surface area contributed by atoms with Crippen LogP contribution in [0.1, 0.15) is 28.8 Å². The number of hydrogen-bond donors (Lipinski definition) is 0. The van der Waals surface area contributed by atoms with Gasteiger partial charge in [-0.05, 0) is 51.6 Å². The van der Waals surface area contributed by atoms with Crippen molar-refractivity contribution < 1.29 is 4.79 Å². The van der Waals surface area contributed by atoms with Gasteiger partial charge in [-0.25, -0.2) is 0 Å². The first-order chi connectivity index (χ1) is 8.58. The number of hydrogen-bond acceptors (Lipinski definition) is 2. The molecule has 1 amide bonds. The van der Waals surface area contributed by atoms with Gasteiger partial charge < -0.3 is 9.80 Å². The van der Waals surface area contributed by atoms with Crippen LogP contribution in [-0.4, -0.2) is 48.9 Å². The Hall–Kier alpha value is -1.35. The van der Waals surface area contributed by atoms with E-state index in [4.69, 9.17) is 0 Å². The van der Waals surface area contributed by atoms with Crippen molar-refractivity contribution in [3.05, 3.63) is 42.3 Å². The highest BCUT2D eigenvalue weighted by Gasteiger charge is 2.24. The number of nitrogens with zero attached hydrogens (tertiary/aromatic N) is 2. The van der Waals surface area contributed by atoms with Crippen molar-refractivity contribution >= 4 is 5.91 Å². The summed E-state index contributed by atoms with van der Waals surface area (Å²) in [6.07, 6.45) is 2.12. The summed E-state index contributed by atoms with van der Waals surface area (Å²) in [5.74, 6) is 0.137. The number of likely N-dealkylation sites (tertiary alicyclic amines) is 1. The zero-order valence-corrected chi connectivity index (χ0v) is 11.2. The van der Waals surface area contributed by atoms with Gasteiger partial charge in [-0.15, -0.1) is 0 Å². The van der Waals surface area contributed by atoms with Gasteiger partial charge in [-0.3, -0.25) is 4.79 Å². The lowest BCUT2D eigenvalue weighted by molar-refractivity contribution is 0.0663. The van der Waals surface area contributed by atoms with E-state index in [-0.39, 0.29) is 5.91 Å². The Morgan fingerprint density at radius 1 is 1.33 bits per heavy atom. The second-order valence-electron chi connectivity index (χ2n) is 5.19. The Morgan fingerprint density at radius 2 is 2.00 bits per heavy atom. The van der Waals surface area contributed by atoms with Gasteiger partial charge in [0.25, 0.3) is 5.91 Å². The van der Waals surface area contributed by atoms with E-state index < -0.39 is 0 Å². The molecular formula is C15H21N2O. The third-order valence-electron chi connectivity index (χ3n) is 3.66. The van der Waals surface area contributed by atoms with Gasteiger partial charge in [0.1, 0.15) is 0 Å². The first-order valence-electron chi connectivity index (χ1n) is 6.45. The maximum atomic E-state index is 12.3. The summed E-state index contributed by atoms with van der Waals surface area (Å²) in [5, 5.41) is 0. The monoisotopic (exact) mass is 245 g/mol. The molecule has 18 heavy (non-hydrogen) atoms. The smallest absolute Gasteiger partial charge is 0.253 e. The number of piperidine rings is 1. The Labute approximate surface area is 109 Å². The number of amides is 1. The minimum Gasteiger partial charge on any atom is -0.339 e. The molecule has 1 heterocycles. The third kappa shape index (κ3) is 2.91. The van der Waals surface area contributed by atoms with Crippen molar-refractivity contribution in [2.24, 2.45) is 0 Å². The lowest BCUT2D eigenvalue weighted by Crippen LogP contribution is -2.44. The molecule has 3 heteroatoms. The van der Waals surface area contributed by atoms with E-state index in [1.54, 1.807) is 0 Å². The predicted molar refractivity (Wildman–Crippen MR) is 73.5 cm³/mol. The third-order valence-corrected chi connectivity index (χ3v) is 3.66. The maximum absolute atomic E-state index is 12.3. The van der Waals surface area contributed by atoms with Gasteiger partial charge in [-0.1, -0.05) is 12.1 Å². The standard InChI is InChI=1S/C15H21N2O/c1-12-5-4-6-13(11-12)15(18)17-9-7-14(8-10-17)16(2)3/h4-6,11,14H,1,7-10H2,2-3H3. The van der Waals surface area contributed by atoms with E-state index in [0.29, 0.717) is 6.04 Å². The van der Waals surface area contributed by atoms with E-state index in [0.717, 1.165) is 37.1 Å². The molecule has 0 aromatic heterocycles. The predicted octanol–water partition coefficient (Wildman–Crippen LogP) is 2.03. The van der Waals surface area contributed by atoms with Gasteiger partial charge in [0.15, 0.2) is 0 Å². The normalized spacial score (nSPS) is 17.2. The highest BCUT2D eigenvalue weighted by molar-refractivity contribution is 5.94. The average molecular weight is 245 g/mol. The Balaban J connectivity index is 1.99. The minimum atomic E-state index is 0.137. The first-order valence-corrected chi connectivity index (χ1v) is 6.45. The summed E-state index contributed by atoms with van der Waals surface area (Å²) in [6, 6.07) is 8.14. The summed E-state index contributed by atoms with van der Waals surface area (Å²) in [6.45, 7) is 5.57. The quantitative estimate of drug-likeness (QED) is 0.796. The van der Waals surface area contributed by atoms with E-state index in [1.165, 1.54) is 0 Å². The minimum absolute atomic E-state index is 0.137. The first kappa shape index (κ1) is 13.1. The molecule has 1 aliphatic rings. The van der Waals surface area contributed by atoms with Crippen LogP contribution < -0.4 is 0 Å². The molecule has 97 valence electrons. The highest BCUT2D eigenvalue weighted by Crippen LogP contribution is 2.17. The lowest BCUT2D eigenvalue weighted by atomic mass is 10.0. The topological polar surface area (TPSA) is 23.6 Å². The maximum Gasteiger partial charge on any atom is 0.253 e. The van der Waals surface area contributed by atoms with Crippen molar-refractivity contribution in [2.45, 2.75) is 18.9 Å². The Morgan fingerprint density at radius 3 is 2.56 bits per heavy atom. The van der Waals surface area contributed by atoms with Crippen LogP contribution >= 0.6 is 0 Å². The molecule has 1 fully saturated rings. The largest absolute Gasteiger partial charge is 0.339 e. The van der Waals surface area contributed by atoms with Gasteiger partial charge in [-0.2, -0.15) is 0 Å². The molecule has 1 aromatic rings. The molecule has 2 rings (SSSR count). The second-order valence-corrected chi connectivity index (χ2v) is 5.19. The van der Waals surface area contributed by atoms with Gasteiger partial charge in [0, 0.05) is 24.7 Å². The van der Waals surface area contributed by atoms with Crippen molar-refractivity contribution in [1.29, 1.82) is 0 Å². The van der Waals surface area contributed by atoms with Crippen LogP contribution in [-0.2, 0) is 0 Å². The fraction of sp³-hybridized carbons (Fsp3) is 0.467. The van der Waals surface area contributed by atoms with Crippen molar-refractivity contribution in [1.82, 2.24) is 9.80 Å². The van der Waals surface area contributed by atoms with Crippen molar-refractivity contribution in [3.8, 4) is 0 Å². The van der Waals surface area contributed by atoms with Crippen molar-refractivity contribution in [3.63, 3.8) is 0 Å². The van der Waals surface area contributed by atoms with E-state index in [1.807, 2.05) is 29.2 Å². The molecule has 1 aliphatic heterocycles. The number of carbonyl (C=O) groups is 1. The van der Waals surface area contributed by atoms with Crippen LogP contribution in [0.25, 0.3) is 0 Å². The van der Waals surface area contributed by atoms with Crippen LogP contribution in [0.3, 0.4) is 0 Å². The van der Waals surface area contributed by atoms with Gasteiger partial charge >= 0.3 is 0 Å². The summed E-state index contributed by atoms with van der Waals surface area (Å²) in [5.41, 5.74) is 1.65. The van der Waals surface area contributed by atoms with Crippen molar-refractivity contribution in [2.75, 3.05) is 27.2 Å². The van der Waals surface area contributed by atoms with Crippen LogP contribution in [0, 0.1) is 6.92 Å². The molecule has 1 saturated heterocycles.